The predicted octanol–water partition coefficient (Wildman–Crippen LogP) is -0.551. The fourth-order valence-corrected chi connectivity index (χ4v) is 3.30. The van der Waals surface area contributed by atoms with Gasteiger partial charge in [-0.05, 0) is 13.3 Å². The summed E-state index contributed by atoms with van der Waals surface area (Å²) >= 11 is 4.72. The Labute approximate surface area is 108 Å². The van der Waals surface area contributed by atoms with E-state index in [4.69, 9.17) is 18.0 Å². The highest BCUT2D eigenvalue weighted by atomic mass is 32.2. The summed E-state index contributed by atoms with van der Waals surface area (Å²) in [5.74, 6) is -0.351. The van der Waals surface area contributed by atoms with E-state index in [1.807, 2.05) is 0 Å². The summed E-state index contributed by atoms with van der Waals surface area (Å²) in [5, 5.41) is 1.61. The second-order valence-corrected chi connectivity index (χ2v) is 6.25. The lowest BCUT2D eigenvalue weighted by Gasteiger charge is -2.22. The normalized spacial score (nSPS) is 13.4. The van der Waals surface area contributed by atoms with Crippen LogP contribution in [0.2, 0.25) is 0 Å². The maximum atomic E-state index is 12.0. The van der Waals surface area contributed by atoms with Crippen molar-refractivity contribution in [3.05, 3.63) is 0 Å². The first-order chi connectivity index (χ1) is 7.77. The van der Waals surface area contributed by atoms with Gasteiger partial charge < -0.3 is 11.1 Å². The quantitative estimate of drug-likeness (QED) is 0.611. The average Bonchev–Trinajstić information content (AvgIpc) is 2.17. The van der Waals surface area contributed by atoms with Crippen molar-refractivity contribution in [3.8, 4) is 0 Å². The lowest BCUT2D eigenvalue weighted by atomic mass is 10.3. The van der Waals surface area contributed by atoms with Gasteiger partial charge in [-0.2, -0.15) is 4.31 Å². The zero-order valence-electron chi connectivity index (χ0n) is 10.3. The number of rotatable bonds is 7. The molecule has 0 saturated heterocycles. The Hall–Kier alpha value is -0.730. The fourth-order valence-electron chi connectivity index (χ4n) is 1.32. The highest BCUT2D eigenvalue weighted by Gasteiger charge is 2.31. The lowest BCUT2D eigenvalue weighted by Crippen LogP contribution is -2.46. The molecule has 17 heavy (non-hydrogen) atoms. The number of carbonyl (C=O) groups excluding carboxylic acids is 1. The number of amides is 1. The van der Waals surface area contributed by atoms with E-state index in [2.05, 4.69) is 5.32 Å². The molecular formula is C9H19N3O3S2. The smallest absolute Gasteiger partial charge is 0.235 e. The molecule has 0 bridgehead atoms. The van der Waals surface area contributed by atoms with Gasteiger partial charge in [0.1, 0.15) is 5.25 Å². The second-order valence-electron chi connectivity index (χ2n) is 3.55. The number of thiocarbonyl (C=S) groups is 1. The van der Waals surface area contributed by atoms with Crippen molar-refractivity contribution in [1.82, 2.24) is 9.62 Å². The van der Waals surface area contributed by atoms with Crippen molar-refractivity contribution in [2.24, 2.45) is 5.73 Å². The van der Waals surface area contributed by atoms with Gasteiger partial charge in [0.25, 0.3) is 0 Å². The number of carbonyl (C=O) groups is 1. The third-order valence-corrected chi connectivity index (χ3v) is 4.96. The van der Waals surface area contributed by atoms with Crippen molar-refractivity contribution < 1.29 is 13.2 Å². The van der Waals surface area contributed by atoms with E-state index in [1.165, 1.54) is 7.05 Å². The summed E-state index contributed by atoms with van der Waals surface area (Å²) < 4.78 is 25.0. The second kappa shape index (κ2) is 6.87. The van der Waals surface area contributed by atoms with E-state index in [-0.39, 0.29) is 23.9 Å². The molecule has 1 unspecified atom stereocenters. The van der Waals surface area contributed by atoms with E-state index in [0.717, 1.165) is 4.31 Å². The van der Waals surface area contributed by atoms with Crippen LogP contribution in [0.3, 0.4) is 0 Å². The topological polar surface area (TPSA) is 92.5 Å². The molecule has 1 amide bonds. The van der Waals surface area contributed by atoms with Gasteiger partial charge in [0.2, 0.25) is 15.9 Å². The number of hydrogen-bond acceptors (Lipinski definition) is 4. The van der Waals surface area contributed by atoms with Crippen molar-refractivity contribution in [1.29, 1.82) is 0 Å². The molecule has 0 aliphatic carbocycles. The summed E-state index contributed by atoms with van der Waals surface area (Å²) in [5.41, 5.74) is 5.39. The number of likely N-dealkylation sites (N-methyl/N-ethyl adjacent to an activating group) is 2. The van der Waals surface area contributed by atoms with Gasteiger partial charge in [0, 0.05) is 13.6 Å². The molecule has 1 atom stereocenters. The van der Waals surface area contributed by atoms with Crippen LogP contribution >= 0.6 is 12.2 Å². The summed E-state index contributed by atoms with van der Waals surface area (Å²) in [4.78, 5) is 11.2. The molecule has 3 N–H and O–H groups in total. The molecular weight excluding hydrogens is 262 g/mol. The molecule has 6 nitrogen and oxygen atoms in total. The molecule has 0 aliphatic rings. The molecule has 0 heterocycles. The molecule has 0 spiro atoms. The van der Waals surface area contributed by atoms with Crippen LogP contribution < -0.4 is 11.1 Å². The zero-order valence-corrected chi connectivity index (χ0v) is 11.9. The number of nitrogens with two attached hydrogens (primary N) is 1. The molecule has 0 radical (unpaired) electrons. The number of nitrogens with one attached hydrogen (secondary N) is 1. The third-order valence-electron chi connectivity index (χ3n) is 2.22. The first kappa shape index (κ1) is 16.3. The Morgan fingerprint density at radius 1 is 1.47 bits per heavy atom. The Morgan fingerprint density at radius 3 is 2.35 bits per heavy atom. The molecule has 0 aromatic carbocycles. The van der Waals surface area contributed by atoms with Gasteiger partial charge in [-0.25, -0.2) is 8.42 Å². The van der Waals surface area contributed by atoms with Gasteiger partial charge in [0.15, 0.2) is 0 Å². The summed E-state index contributed by atoms with van der Waals surface area (Å²) in [6, 6.07) is 0. The minimum absolute atomic E-state index is 0.0738. The van der Waals surface area contributed by atoms with E-state index in [1.54, 1.807) is 13.8 Å². The molecule has 0 saturated carbocycles. The molecule has 100 valence electrons. The van der Waals surface area contributed by atoms with Crippen molar-refractivity contribution >= 4 is 33.1 Å². The van der Waals surface area contributed by atoms with Gasteiger partial charge in [0.05, 0.1) is 11.5 Å². The van der Waals surface area contributed by atoms with Crippen LogP contribution in [-0.4, -0.2) is 49.0 Å². The molecule has 0 aromatic rings. The first-order valence-corrected chi connectivity index (χ1v) is 7.19. The summed E-state index contributed by atoms with van der Waals surface area (Å²) in [6.07, 6.45) is 0.289. The Balaban J connectivity index is 4.81. The van der Waals surface area contributed by atoms with Crippen LogP contribution in [0.4, 0.5) is 0 Å². The van der Waals surface area contributed by atoms with E-state index >= 15 is 0 Å². The monoisotopic (exact) mass is 281 g/mol. The van der Waals surface area contributed by atoms with E-state index in [0.29, 0.717) is 6.54 Å². The minimum Gasteiger partial charge on any atom is -0.392 e. The molecule has 8 heteroatoms. The van der Waals surface area contributed by atoms with Gasteiger partial charge in [-0.3, -0.25) is 4.79 Å². The SMILES string of the molecule is CCNC(=O)CN(C)S(=O)(=O)C(CC)C(N)=S. The molecule has 0 rings (SSSR count). The van der Waals surface area contributed by atoms with Crippen molar-refractivity contribution in [2.75, 3.05) is 20.1 Å². The minimum atomic E-state index is -3.66. The van der Waals surface area contributed by atoms with E-state index < -0.39 is 15.3 Å². The number of nitrogens with zero attached hydrogens (tertiary/aromatic N) is 1. The average molecular weight is 281 g/mol. The maximum absolute atomic E-state index is 12.0. The Bertz CT molecular complexity index is 381. The van der Waals surface area contributed by atoms with Crippen molar-refractivity contribution in [2.45, 2.75) is 25.5 Å². The Kier molecular flexibility index (Phi) is 6.58. The highest BCUT2D eigenvalue weighted by molar-refractivity contribution is 7.92. The van der Waals surface area contributed by atoms with Crippen LogP contribution in [-0.2, 0) is 14.8 Å². The predicted molar refractivity (Wildman–Crippen MR) is 71.1 cm³/mol. The standard InChI is InChI=1S/C9H19N3O3S2/c1-4-7(9(10)16)17(14,15)12(3)6-8(13)11-5-2/h7H,4-6H2,1-3H3,(H2,10,16)(H,11,13). The largest absolute Gasteiger partial charge is 0.392 e. The van der Waals surface area contributed by atoms with Gasteiger partial charge >= 0.3 is 0 Å². The van der Waals surface area contributed by atoms with Crippen LogP contribution in [0, 0.1) is 0 Å². The zero-order chi connectivity index (χ0) is 13.6. The summed E-state index contributed by atoms with van der Waals surface area (Å²) in [7, 11) is -2.32. The lowest BCUT2D eigenvalue weighted by molar-refractivity contribution is -0.121. The van der Waals surface area contributed by atoms with Crippen LogP contribution in [0.5, 0.6) is 0 Å². The summed E-state index contributed by atoms with van der Waals surface area (Å²) in [6.45, 7) is 3.67. The number of hydrogen-bond donors (Lipinski definition) is 2. The third kappa shape index (κ3) is 4.57. The first-order valence-electron chi connectivity index (χ1n) is 5.28. The van der Waals surface area contributed by atoms with Crippen LogP contribution in [0.25, 0.3) is 0 Å². The fraction of sp³-hybridized carbons (Fsp3) is 0.778. The number of sulfonamides is 1. The Morgan fingerprint density at radius 2 is 2.00 bits per heavy atom. The van der Waals surface area contributed by atoms with E-state index in [9.17, 15) is 13.2 Å². The highest BCUT2D eigenvalue weighted by Crippen LogP contribution is 2.11. The van der Waals surface area contributed by atoms with Crippen LogP contribution in [0.15, 0.2) is 0 Å². The molecule has 0 fully saturated rings. The van der Waals surface area contributed by atoms with Gasteiger partial charge in [-0.15, -0.1) is 0 Å². The van der Waals surface area contributed by atoms with Gasteiger partial charge in [-0.1, -0.05) is 19.1 Å². The molecule has 0 aliphatic heterocycles. The molecule has 0 aromatic heterocycles. The van der Waals surface area contributed by atoms with Crippen molar-refractivity contribution in [3.63, 3.8) is 0 Å². The maximum Gasteiger partial charge on any atom is 0.235 e. The van der Waals surface area contributed by atoms with Crippen LogP contribution in [0.1, 0.15) is 20.3 Å².